The first-order chi connectivity index (χ1) is 9.63. The Morgan fingerprint density at radius 2 is 1.80 bits per heavy atom. The minimum Gasteiger partial charge on any atom is -0.465 e. The molecule has 0 heterocycles. The smallest absolute Gasteiger partial charge is 0.325 e. The number of hydrogen-bond donors (Lipinski definition) is 0. The van der Waals surface area contributed by atoms with Gasteiger partial charge in [0.2, 0.25) is 5.91 Å². The van der Waals surface area contributed by atoms with Crippen molar-refractivity contribution in [3.63, 3.8) is 0 Å². The highest BCUT2D eigenvalue weighted by molar-refractivity contribution is 5.87. The number of hydrogen-bond acceptors (Lipinski definition) is 3. The van der Waals surface area contributed by atoms with Crippen LogP contribution in [0.25, 0.3) is 0 Å². The number of rotatable bonds is 7. The monoisotopic (exact) mass is 277 g/mol. The van der Waals surface area contributed by atoms with E-state index >= 15 is 0 Å². The summed E-state index contributed by atoms with van der Waals surface area (Å²) >= 11 is 0. The van der Waals surface area contributed by atoms with Gasteiger partial charge in [0.05, 0.1) is 12.5 Å². The standard InChI is InChI=1S/C16H23NO3/c1-4-14(13-10-8-7-9-11-13)16(19)17(5-2)12-15(18)20-6-3/h7-11,14H,4-6,12H2,1-3H3. The fourth-order valence-corrected chi connectivity index (χ4v) is 2.17. The SMILES string of the molecule is CCOC(=O)CN(CC)C(=O)C(CC)c1ccccc1. The summed E-state index contributed by atoms with van der Waals surface area (Å²) in [6.07, 6.45) is 0.710. The highest BCUT2D eigenvalue weighted by atomic mass is 16.5. The molecule has 1 rings (SSSR count). The Hall–Kier alpha value is -1.84. The van der Waals surface area contributed by atoms with Crippen LogP contribution in [0.5, 0.6) is 0 Å². The molecule has 0 saturated heterocycles. The van der Waals surface area contributed by atoms with Gasteiger partial charge in [-0.2, -0.15) is 0 Å². The molecule has 0 saturated carbocycles. The molecular formula is C16H23NO3. The lowest BCUT2D eigenvalue weighted by Crippen LogP contribution is -2.39. The number of esters is 1. The molecule has 0 bridgehead atoms. The average Bonchev–Trinajstić information content (AvgIpc) is 2.47. The molecule has 110 valence electrons. The summed E-state index contributed by atoms with van der Waals surface area (Å²) in [5.74, 6) is -0.578. The number of likely N-dealkylation sites (N-methyl/N-ethyl adjacent to an activating group) is 1. The molecule has 0 aromatic heterocycles. The third-order valence-corrected chi connectivity index (χ3v) is 3.23. The lowest BCUT2D eigenvalue weighted by Gasteiger charge is -2.25. The third kappa shape index (κ3) is 4.37. The first-order valence-corrected chi connectivity index (χ1v) is 7.13. The number of ether oxygens (including phenoxy) is 1. The molecule has 4 heteroatoms. The van der Waals surface area contributed by atoms with Gasteiger partial charge in [-0.05, 0) is 25.8 Å². The maximum Gasteiger partial charge on any atom is 0.325 e. The maximum atomic E-state index is 12.6. The van der Waals surface area contributed by atoms with E-state index in [9.17, 15) is 9.59 Å². The van der Waals surface area contributed by atoms with Gasteiger partial charge in [-0.25, -0.2) is 0 Å². The van der Waals surface area contributed by atoms with E-state index in [2.05, 4.69) is 0 Å². The molecule has 0 aliphatic carbocycles. The van der Waals surface area contributed by atoms with Crippen LogP contribution >= 0.6 is 0 Å². The molecule has 20 heavy (non-hydrogen) atoms. The predicted molar refractivity (Wildman–Crippen MR) is 78.4 cm³/mol. The minimum atomic E-state index is -0.356. The maximum absolute atomic E-state index is 12.6. The summed E-state index contributed by atoms with van der Waals surface area (Å²) in [6, 6.07) is 9.67. The lowest BCUT2D eigenvalue weighted by molar-refractivity contribution is -0.149. The molecule has 0 spiro atoms. The Balaban J connectivity index is 2.80. The minimum absolute atomic E-state index is 0.0192. The number of carbonyl (C=O) groups excluding carboxylic acids is 2. The summed E-state index contributed by atoms with van der Waals surface area (Å²) in [6.45, 7) is 6.46. The zero-order valence-electron chi connectivity index (χ0n) is 12.5. The van der Waals surface area contributed by atoms with E-state index in [-0.39, 0.29) is 24.3 Å². The fraction of sp³-hybridized carbons (Fsp3) is 0.500. The van der Waals surface area contributed by atoms with Crippen molar-refractivity contribution in [3.05, 3.63) is 35.9 Å². The first kappa shape index (κ1) is 16.2. The van der Waals surface area contributed by atoms with E-state index in [1.807, 2.05) is 44.2 Å². The molecular weight excluding hydrogens is 254 g/mol. The fourth-order valence-electron chi connectivity index (χ4n) is 2.17. The van der Waals surface area contributed by atoms with Crippen LogP contribution in [0.4, 0.5) is 0 Å². The lowest BCUT2D eigenvalue weighted by atomic mass is 9.95. The average molecular weight is 277 g/mol. The van der Waals surface area contributed by atoms with E-state index < -0.39 is 0 Å². The van der Waals surface area contributed by atoms with Crippen molar-refractivity contribution in [2.24, 2.45) is 0 Å². The van der Waals surface area contributed by atoms with Gasteiger partial charge in [0, 0.05) is 6.54 Å². The molecule has 0 aliphatic rings. The number of amides is 1. The second kappa shape index (κ2) is 8.35. The van der Waals surface area contributed by atoms with E-state index in [1.54, 1.807) is 11.8 Å². The van der Waals surface area contributed by atoms with Crippen LogP contribution in [-0.4, -0.2) is 36.5 Å². The van der Waals surface area contributed by atoms with Crippen LogP contribution in [0.3, 0.4) is 0 Å². The quantitative estimate of drug-likeness (QED) is 0.720. The number of benzene rings is 1. The van der Waals surface area contributed by atoms with Crippen LogP contribution in [0.2, 0.25) is 0 Å². The molecule has 0 aliphatic heterocycles. The summed E-state index contributed by atoms with van der Waals surface area (Å²) in [5, 5.41) is 0. The van der Waals surface area contributed by atoms with Crippen molar-refractivity contribution < 1.29 is 14.3 Å². The molecule has 4 nitrogen and oxygen atoms in total. The molecule has 0 radical (unpaired) electrons. The Morgan fingerprint density at radius 1 is 1.15 bits per heavy atom. The van der Waals surface area contributed by atoms with Gasteiger partial charge >= 0.3 is 5.97 Å². The highest BCUT2D eigenvalue weighted by Crippen LogP contribution is 2.21. The highest BCUT2D eigenvalue weighted by Gasteiger charge is 2.25. The van der Waals surface area contributed by atoms with Crippen LogP contribution < -0.4 is 0 Å². The number of carbonyl (C=O) groups is 2. The summed E-state index contributed by atoms with van der Waals surface area (Å²) in [7, 11) is 0. The third-order valence-electron chi connectivity index (χ3n) is 3.23. The van der Waals surface area contributed by atoms with Gasteiger partial charge in [-0.3, -0.25) is 9.59 Å². The van der Waals surface area contributed by atoms with Gasteiger partial charge in [0.1, 0.15) is 6.54 Å². The van der Waals surface area contributed by atoms with Gasteiger partial charge in [-0.1, -0.05) is 37.3 Å². The van der Waals surface area contributed by atoms with Crippen LogP contribution in [0, 0.1) is 0 Å². The van der Waals surface area contributed by atoms with Crippen molar-refractivity contribution in [1.29, 1.82) is 0 Å². The summed E-state index contributed by atoms with van der Waals surface area (Å²) < 4.78 is 4.91. The zero-order chi connectivity index (χ0) is 15.0. The van der Waals surface area contributed by atoms with E-state index in [0.717, 1.165) is 5.56 Å². The van der Waals surface area contributed by atoms with E-state index in [1.165, 1.54) is 0 Å². The molecule has 1 atom stereocenters. The Kier molecular flexibility index (Phi) is 6.77. The van der Waals surface area contributed by atoms with Crippen molar-refractivity contribution in [3.8, 4) is 0 Å². The first-order valence-electron chi connectivity index (χ1n) is 7.13. The topological polar surface area (TPSA) is 46.6 Å². The second-order valence-corrected chi connectivity index (χ2v) is 4.53. The van der Waals surface area contributed by atoms with Crippen molar-refractivity contribution in [1.82, 2.24) is 4.90 Å². The van der Waals surface area contributed by atoms with Gasteiger partial charge in [-0.15, -0.1) is 0 Å². The summed E-state index contributed by atoms with van der Waals surface area (Å²) in [5.41, 5.74) is 0.988. The van der Waals surface area contributed by atoms with Gasteiger partial charge < -0.3 is 9.64 Å². The molecule has 0 N–H and O–H groups in total. The molecule has 1 aromatic carbocycles. The van der Waals surface area contributed by atoms with Crippen molar-refractivity contribution in [2.45, 2.75) is 33.1 Å². The summed E-state index contributed by atoms with van der Waals surface area (Å²) in [4.78, 5) is 25.7. The second-order valence-electron chi connectivity index (χ2n) is 4.53. The Labute approximate surface area is 120 Å². The van der Waals surface area contributed by atoms with Crippen LogP contribution in [0.15, 0.2) is 30.3 Å². The van der Waals surface area contributed by atoms with Crippen molar-refractivity contribution in [2.75, 3.05) is 19.7 Å². The van der Waals surface area contributed by atoms with E-state index in [0.29, 0.717) is 19.6 Å². The predicted octanol–water partition coefficient (Wildman–Crippen LogP) is 2.59. The van der Waals surface area contributed by atoms with Gasteiger partial charge in [0.15, 0.2) is 0 Å². The van der Waals surface area contributed by atoms with Gasteiger partial charge in [0.25, 0.3) is 0 Å². The number of nitrogens with zero attached hydrogens (tertiary/aromatic N) is 1. The van der Waals surface area contributed by atoms with Crippen molar-refractivity contribution >= 4 is 11.9 Å². The molecule has 1 unspecified atom stereocenters. The normalized spacial score (nSPS) is 11.8. The Morgan fingerprint density at radius 3 is 2.30 bits per heavy atom. The zero-order valence-corrected chi connectivity index (χ0v) is 12.5. The largest absolute Gasteiger partial charge is 0.465 e. The molecule has 1 amide bonds. The molecule has 1 aromatic rings. The van der Waals surface area contributed by atoms with E-state index in [4.69, 9.17) is 4.74 Å². The Bertz CT molecular complexity index is 431. The molecule has 0 fully saturated rings. The van der Waals surface area contributed by atoms with Crippen LogP contribution in [0.1, 0.15) is 38.7 Å². The van der Waals surface area contributed by atoms with Crippen LogP contribution in [-0.2, 0) is 14.3 Å².